The number of hydrogen-bond donors (Lipinski definition) is 2. The molecule has 3 rings (SSSR count). The Bertz CT molecular complexity index is 911. The van der Waals surface area contributed by atoms with Crippen LogP contribution in [0.1, 0.15) is 23.2 Å². The van der Waals surface area contributed by atoms with Gasteiger partial charge in [-0.1, -0.05) is 6.07 Å². The Kier molecular flexibility index (Phi) is 5.34. The Morgan fingerprint density at radius 3 is 2.18 bits per heavy atom. The maximum Gasteiger partial charge on any atom is 0.471 e. The number of nitrogens with zero attached hydrogens (tertiary/aromatic N) is 1. The Morgan fingerprint density at radius 1 is 0.964 bits per heavy atom. The van der Waals surface area contributed by atoms with E-state index < -0.39 is 18.0 Å². The van der Waals surface area contributed by atoms with Crippen LogP contribution in [0.5, 0.6) is 0 Å². The average Bonchev–Trinajstić information content (AvgIpc) is 3.08. The summed E-state index contributed by atoms with van der Waals surface area (Å²) in [5, 5.41) is 4.34. The van der Waals surface area contributed by atoms with E-state index in [1.54, 1.807) is 34.5 Å². The smallest absolute Gasteiger partial charge is 0.322 e. The van der Waals surface area contributed by atoms with Crippen LogP contribution < -0.4 is 15.5 Å². The van der Waals surface area contributed by atoms with E-state index >= 15 is 0 Å². The van der Waals surface area contributed by atoms with E-state index in [9.17, 15) is 27.6 Å². The summed E-state index contributed by atoms with van der Waals surface area (Å²) in [6, 6.07) is 11.9. The van der Waals surface area contributed by atoms with Crippen LogP contribution in [0.25, 0.3) is 0 Å². The lowest BCUT2D eigenvalue weighted by molar-refractivity contribution is -0.167. The molecule has 1 saturated heterocycles. The lowest BCUT2D eigenvalue weighted by Crippen LogP contribution is -2.29. The van der Waals surface area contributed by atoms with Gasteiger partial charge in [-0.15, -0.1) is 0 Å². The maximum absolute atomic E-state index is 12.4. The molecule has 9 heteroatoms. The van der Waals surface area contributed by atoms with Gasteiger partial charge in [0.2, 0.25) is 5.91 Å². The third kappa shape index (κ3) is 4.48. The van der Waals surface area contributed by atoms with Gasteiger partial charge in [-0.3, -0.25) is 14.4 Å². The Labute approximate surface area is 158 Å². The van der Waals surface area contributed by atoms with Crippen molar-refractivity contribution in [1.29, 1.82) is 0 Å². The molecule has 0 aromatic heterocycles. The lowest BCUT2D eigenvalue weighted by Gasteiger charge is -2.16. The van der Waals surface area contributed by atoms with Crippen molar-refractivity contribution in [2.24, 2.45) is 0 Å². The molecule has 28 heavy (non-hydrogen) atoms. The number of benzene rings is 2. The molecule has 146 valence electrons. The second kappa shape index (κ2) is 7.71. The Hall–Kier alpha value is -3.36. The van der Waals surface area contributed by atoms with Gasteiger partial charge in [0.25, 0.3) is 5.91 Å². The highest BCUT2D eigenvalue weighted by molar-refractivity contribution is 6.06. The zero-order valence-corrected chi connectivity index (χ0v) is 14.5. The van der Waals surface area contributed by atoms with E-state index in [-0.39, 0.29) is 11.6 Å². The van der Waals surface area contributed by atoms with Gasteiger partial charge in [-0.05, 0) is 48.9 Å². The molecule has 1 fully saturated rings. The molecule has 1 aliphatic heterocycles. The van der Waals surface area contributed by atoms with Gasteiger partial charge in [0.1, 0.15) is 0 Å². The van der Waals surface area contributed by atoms with Crippen LogP contribution in [-0.4, -0.2) is 30.4 Å². The van der Waals surface area contributed by atoms with Crippen molar-refractivity contribution in [2.75, 3.05) is 22.1 Å². The van der Waals surface area contributed by atoms with Gasteiger partial charge < -0.3 is 15.5 Å². The van der Waals surface area contributed by atoms with Crippen molar-refractivity contribution < 1.29 is 27.6 Å². The molecule has 0 atom stereocenters. The molecule has 0 unspecified atom stereocenters. The fourth-order valence-electron chi connectivity index (χ4n) is 2.78. The number of rotatable bonds is 4. The molecule has 2 aromatic carbocycles. The zero-order valence-electron chi connectivity index (χ0n) is 14.5. The summed E-state index contributed by atoms with van der Waals surface area (Å²) >= 11 is 0. The highest BCUT2D eigenvalue weighted by atomic mass is 19.4. The molecule has 2 N–H and O–H groups in total. The standard InChI is InChI=1S/C19H16F3N3O3/c20-19(21,22)18(28)24-14-8-6-13(7-9-14)23-17(27)12-3-1-4-15(11-12)25-10-2-5-16(25)26/h1,3-4,6-9,11H,2,5,10H2,(H,23,27)(H,24,28). The van der Waals surface area contributed by atoms with Crippen molar-refractivity contribution in [3.05, 3.63) is 54.1 Å². The summed E-state index contributed by atoms with van der Waals surface area (Å²) in [7, 11) is 0. The second-order valence-corrected chi connectivity index (χ2v) is 6.18. The molecule has 0 bridgehead atoms. The quantitative estimate of drug-likeness (QED) is 0.837. The fraction of sp³-hybridized carbons (Fsp3) is 0.211. The lowest BCUT2D eigenvalue weighted by atomic mass is 10.1. The summed E-state index contributed by atoms with van der Waals surface area (Å²) in [6.07, 6.45) is -3.73. The number of halogens is 3. The average molecular weight is 391 g/mol. The van der Waals surface area contributed by atoms with Gasteiger partial charge >= 0.3 is 12.1 Å². The van der Waals surface area contributed by atoms with E-state index in [0.717, 1.165) is 6.42 Å². The number of hydrogen-bond acceptors (Lipinski definition) is 3. The van der Waals surface area contributed by atoms with Crippen LogP contribution in [0.2, 0.25) is 0 Å². The number of alkyl halides is 3. The van der Waals surface area contributed by atoms with Crippen molar-refractivity contribution in [1.82, 2.24) is 0 Å². The largest absolute Gasteiger partial charge is 0.471 e. The molecular formula is C19H16F3N3O3. The third-order valence-corrected chi connectivity index (χ3v) is 4.15. The second-order valence-electron chi connectivity index (χ2n) is 6.18. The topological polar surface area (TPSA) is 78.5 Å². The van der Waals surface area contributed by atoms with E-state index in [4.69, 9.17) is 0 Å². The number of anilines is 3. The first kappa shape index (κ1) is 19.4. The predicted octanol–water partition coefficient (Wildman–Crippen LogP) is 3.57. The Balaban J connectivity index is 1.66. The van der Waals surface area contributed by atoms with Gasteiger partial charge in [0, 0.05) is 35.6 Å². The van der Waals surface area contributed by atoms with E-state index in [0.29, 0.717) is 29.9 Å². The molecular weight excluding hydrogens is 375 g/mol. The molecule has 0 spiro atoms. The molecule has 0 radical (unpaired) electrons. The molecule has 1 heterocycles. The normalized spacial score (nSPS) is 14.1. The summed E-state index contributed by atoms with van der Waals surface area (Å²) in [5.41, 5.74) is 1.28. The van der Waals surface area contributed by atoms with Crippen LogP contribution in [0.15, 0.2) is 48.5 Å². The van der Waals surface area contributed by atoms with Crippen LogP contribution in [-0.2, 0) is 9.59 Å². The molecule has 2 aromatic rings. The van der Waals surface area contributed by atoms with Crippen molar-refractivity contribution in [2.45, 2.75) is 19.0 Å². The highest BCUT2D eigenvalue weighted by Gasteiger charge is 2.38. The number of carbonyl (C=O) groups is 3. The van der Waals surface area contributed by atoms with Crippen molar-refractivity contribution in [3.8, 4) is 0 Å². The fourth-order valence-corrected chi connectivity index (χ4v) is 2.78. The highest BCUT2D eigenvalue weighted by Crippen LogP contribution is 2.23. The molecule has 1 aliphatic rings. The first-order valence-electron chi connectivity index (χ1n) is 8.44. The van der Waals surface area contributed by atoms with E-state index in [1.165, 1.54) is 24.3 Å². The summed E-state index contributed by atoms with van der Waals surface area (Å²) in [5.74, 6) is -2.49. The maximum atomic E-state index is 12.4. The van der Waals surface area contributed by atoms with Gasteiger partial charge in [-0.25, -0.2) is 0 Å². The molecule has 0 saturated carbocycles. The number of nitrogens with one attached hydrogen (secondary N) is 2. The number of carbonyl (C=O) groups excluding carboxylic acids is 3. The van der Waals surface area contributed by atoms with Crippen LogP contribution in [0, 0.1) is 0 Å². The van der Waals surface area contributed by atoms with Crippen molar-refractivity contribution in [3.63, 3.8) is 0 Å². The molecule has 0 aliphatic carbocycles. The van der Waals surface area contributed by atoms with Gasteiger partial charge in [0.15, 0.2) is 0 Å². The molecule has 3 amide bonds. The van der Waals surface area contributed by atoms with Crippen molar-refractivity contribution >= 4 is 34.8 Å². The summed E-state index contributed by atoms with van der Waals surface area (Å²) in [6.45, 7) is 0.606. The third-order valence-electron chi connectivity index (χ3n) is 4.15. The predicted molar refractivity (Wildman–Crippen MR) is 97.1 cm³/mol. The van der Waals surface area contributed by atoms with Crippen LogP contribution in [0.4, 0.5) is 30.2 Å². The minimum Gasteiger partial charge on any atom is -0.322 e. The minimum absolute atomic E-state index is 0.00838. The van der Waals surface area contributed by atoms with E-state index in [2.05, 4.69) is 5.32 Å². The first-order valence-corrected chi connectivity index (χ1v) is 8.44. The summed E-state index contributed by atoms with van der Waals surface area (Å²) in [4.78, 5) is 36.8. The van der Waals surface area contributed by atoms with Crippen LogP contribution >= 0.6 is 0 Å². The van der Waals surface area contributed by atoms with Gasteiger partial charge in [0.05, 0.1) is 0 Å². The van der Waals surface area contributed by atoms with Gasteiger partial charge in [-0.2, -0.15) is 13.2 Å². The van der Waals surface area contributed by atoms with Crippen LogP contribution in [0.3, 0.4) is 0 Å². The minimum atomic E-state index is -4.98. The SMILES string of the molecule is O=C(Nc1ccc(NC(=O)C(F)(F)F)cc1)c1cccc(N2CCCC2=O)c1. The first-order chi connectivity index (χ1) is 13.2. The van der Waals surface area contributed by atoms with E-state index in [1.807, 2.05) is 0 Å². The molecule has 6 nitrogen and oxygen atoms in total. The zero-order chi connectivity index (χ0) is 20.3. The summed E-state index contributed by atoms with van der Waals surface area (Å²) < 4.78 is 36.7. The monoisotopic (exact) mass is 391 g/mol. The Morgan fingerprint density at radius 2 is 1.61 bits per heavy atom. The number of amides is 3.